The van der Waals surface area contributed by atoms with Crippen molar-refractivity contribution in [2.24, 2.45) is 5.92 Å². The lowest BCUT2D eigenvalue weighted by atomic mass is 9.96. The fourth-order valence-corrected chi connectivity index (χ4v) is 3.32. The quantitative estimate of drug-likeness (QED) is 0.710. The van der Waals surface area contributed by atoms with Gasteiger partial charge in [0, 0.05) is 18.7 Å². The predicted octanol–water partition coefficient (Wildman–Crippen LogP) is 4.02. The van der Waals surface area contributed by atoms with Gasteiger partial charge >= 0.3 is 0 Å². The monoisotopic (exact) mass is 404 g/mol. The van der Waals surface area contributed by atoms with Gasteiger partial charge in [-0.15, -0.1) is 12.4 Å². The lowest BCUT2D eigenvalue weighted by molar-refractivity contribution is 0.0690. The number of carbonyl (C=O) groups excluding carboxylic acids is 1. The Morgan fingerprint density at radius 2 is 2.00 bits per heavy atom. The third kappa shape index (κ3) is 5.93. The molecule has 1 aliphatic rings. The number of methoxy groups -OCH3 is 1. The number of rotatable bonds is 8. The summed E-state index contributed by atoms with van der Waals surface area (Å²) in [6, 6.07) is 3.41. The average Bonchev–Trinajstić information content (AvgIpc) is 2.64. The van der Waals surface area contributed by atoms with Gasteiger partial charge in [-0.05, 0) is 50.4 Å². The highest BCUT2D eigenvalue weighted by Crippen LogP contribution is 2.37. The van der Waals surface area contributed by atoms with Gasteiger partial charge in [-0.1, -0.05) is 25.4 Å². The Bertz CT molecular complexity index is 576. The smallest absolute Gasteiger partial charge is 0.254 e. The summed E-state index contributed by atoms with van der Waals surface area (Å²) in [5.74, 6) is 1.66. The minimum Gasteiger partial charge on any atom is -0.493 e. The highest BCUT2D eigenvalue weighted by Gasteiger charge is 2.25. The molecule has 1 fully saturated rings. The molecule has 1 heterocycles. The first-order valence-electron chi connectivity index (χ1n) is 9.11. The second-order valence-electron chi connectivity index (χ2n) is 6.38. The van der Waals surface area contributed by atoms with Gasteiger partial charge in [-0.2, -0.15) is 0 Å². The van der Waals surface area contributed by atoms with E-state index in [4.69, 9.17) is 21.1 Å². The molecule has 0 atom stereocenters. The first-order chi connectivity index (χ1) is 12.1. The van der Waals surface area contributed by atoms with Crippen LogP contribution in [0.1, 0.15) is 43.5 Å². The lowest BCUT2D eigenvalue weighted by Gasteiger charge is -2.32. The average molecular weight is 405 g/mol. The highest BCUT2D eigenvalue weighted by molar-refractivity contribution is 6.32. The van der Waals surface area contributed by atoms with Crippen LogP contribution in [-0.2, 0) is 0 Å². The summed E-state index contributed by atoms with van der Waals surface area (Å²) < 4.78 is 11.0. The Balaban J connectivity index is 0.00000338. The van der Waals surface area contributed by atoms with Crippen LogP contribution < -0.4 is 14.8 Å². The van der Waals surface area contributed by atoms with Gasteiger partial charge in [0.2, 0.25) is 0 Å². The van der Waals surface area contributed by atoms with Gasteiger partial charge in [0.05, 0.1) is 18.7 Å². The fourth-order valence-electron chi connectivity index (χ4n) is 3.06. The summed E-state index contributed by atoms with van der Waals surface area (Å²) in [7, 11) is 1.56. The lowest BCUT2D eigenvalue weighted by Crippen LogP contribution is -2.40. The third-order valence-corrected chi connectivity index (χ3v) is 4.79. The zero-order chi connectivity index (χ0) is 18.2. The normalized spacial score (nSPS) is 14.7. The molecular weight excluding hydrogens is 375 g/mol. The molecule has 1 saturated heterocycles. The van der Waals surface area contributed by atoms with E-state index < -0.39 is 0 Å². The molecule has 1 aliphatic heterocycles. The molecule has 2 rings (SSSR count). The summed E-state index contributed by atoms with van der Waals surface area (Å²) in [5, 5.41) is 3.80. The standard InChI is InChI=1S/C19H29ClN2O3.ClH/c1-4-10-25-18-16(20)11-15(12-17(18)24-3)19(23)22-8-6-14(7-9-22)13-21-5-2;/h11-12,14,21H,4-10,13H2,1-3H3;1H. The molecule has 0 aromatic heterocycles. The number of hydrogen-bond acceptors (Lipinski definition) is 4. The largest absolute Gasteiger partial charge is 0.493 e. The molecule has 0 aliphatic carbocycles. The predicted molar refractivity (Wildman–Crippen MR) is 108 cm³/mol. The van der Waals surface area contributed by atoms with Gasteiger partial charge in [0.15, 0.2) is 11.5 Å². The van der Waals surface area contributed by atoms with Crippen molar-refractivity contribution in [3.8, 4) is 11.5 Å². The number of amides is 1. The fraction of sp³-hybridized carbons (Fsp3) is 0.632. The van der Waals surface area contributed by atoms with Crippen LogP contribution in [0.4, 0.5) is 0 Å². The van der Waals surface area contributed by atoms with Gasteiger partial charge in [-0.25, -0.2) is 0 Å². The molecule has 148 valence electrons. The van der Waals surface area contributed by atoms with Crippen LogP contribution in [0, 0.1) is 5.92 Å². The zero-order valence-electron chi connectivity index (χ0n) is 15.8. The van der Waals surface area contributed by atoms with E-state index in [1.165, 1.54) is 0 Å². The number of carbonyl (C=O) groups is 1. The van der Waals surface area contributed by atoms with E-state index in [9.17, 15) is 4.79 Å². The summed E-state index contributed by atoms with van der Waals surface area (Å²) in [5.41, 5.74) is 0.552. The van der Waals surface area contributed by atoms with E-state index in [1.54, 1.807) is 19.2 Å². The second kappa shape index (κ2) is 11.5. The van der Waals surface area contributed by atoms with Crippen molar-refractivity contribution in [1.29, 1.82) is 0 Å². The number of halogens is 2. The Kier molecular flexibility index (Phi) is 10.1. The third-order valence-electron chi connectivity index (χ3n) is 4.51. The number of benzene rings is 1. The van der Waals surface area contributed by atoms with Crippen molar-refractivity contribution in [2.75, 3.05) is 39.9 Å². The van der Waals surface area contributed by atoms with Crippen molar-refractivity contribution in [3.63, 3.8) is 0 Å². The highest BCUT2D eigenvalue weighted by atomic mass is 35.5. The van der Waals surface area contributed by atoms with Crippen LogP contribution in [0.25, 0.3) is 0 Å². The number of ether oxygens (including phenoxy) is 2. The summed E-state index contributed by atoms with van der Waals surface area (Å²) >= 11 is 6.33. The molecule has 26 heavy (non-hydrogen) atoms. The summed E-state index contributed by atoms with van der Waals surface area (Å²) in [4.78, 5) is 14.7. The van der Waals surface area contributed by atoms with Crippen molar-refractivity contribution in [1.82, 2.24) is 10.2 Å². The van der Waals surface area contributed by atoms with Crippen molar-refractivity contribution >= 4 is 29.9 Å². The van der Waals surface area contributed by atoms with E-state index in [0.717, 1.165) is 45.4 Å². The minimum atomic E-state index is 0. The van der Waals surface area contributed by atoms with Gasteiger partial charge in [0.25, 0.3) is 5.91 Å². The first kappa shape index (κ1) is 22.9. The summed E-state index contributed by atoms with van der Waals surface area (Å²) in [6.07, 6.45) is 2.94. The molecule has 0 radical (unpaired) electrons. The van der Waals surface area contributed by atoms with E-state index in [2.05, 4.69) is 12.2 Å². The Labute approximate surface area is 167 Å². The van der Waals surface area contributed by atoms with Gasteiger partial charge in [0.1, 0.15) is 0 Å². The van der Waals surface area contributed by atoms with E-state index in [1.807, 2.05) is 11.8 Å². The minimum absolute atomic E-state index is 0. The summed E-state index contributed by atoms with van der Waals surface area (Å²) in [6.45, 7) is 8.28. The van der Waals surface area contributed by atoms with Gasteiger partial charge < -0.3 is 19.7 Å². The molecule has 5 nitrogen and oxygen atoms in total. The van der Waals surface area contributed by atoms with Crippen LogP contribution >= 0.6 is 24.0 Å². The SMILES string of the molecule is CCCOc1c(Cl)cc(C(=O)N2CCC(CNCC)CC2)cc1OC.Cl. The molecule has 1 aromatic rings. The van der Waals surface area contributed by atoms with Crippen LogP contribution in [0.2, 0.25) is 5.02 Å². The number of nitrogens with zero attached hydrogens (tertiary/aromatic N) is 1. The van der Waals surface area contributed by atoms with E-state index >= 15 is 0 Å². The maximum atomic E-state index is 12.8. The number of hydrogen-bond donors (Lipinski definition) is 1. The van der Waals surface area contributed by atoms with Crippen molar-refractivity contribution < 1.29 is 14.3 Å². The van der Waals surface area contributed by atoms with Crippen molar-refractivity contribution in [3.05, 3.63) is 22.7 Å². The molecule has 0 unspecified atom stereocenters. The molecule has 1 N–H and O–H groups in total. The van der Waals surface area contributed by atoms with Crippen molar-refractivity contribution in [2.45, 2.75) is 33.1 Å². The molecule has 1 aromatic carbocycles. The molecule has 7 heteroatoms. The Morgan fingerprint density at radius 1 is 1.31 bits per heavy atom. The maximum absolute atomic E-state index is 12.8. The van der Waals surface area contributed by atoms with Crippen LogP contribution in [0.15, 0.2) is 12.1 Å². The van der Waals surface area contributed by atoms with E-state index in [0.29, 0.717) is 34.6 Å². The topological polar surface area (TPSA) is 50.8 Å². The maximum Gasteiger partial charge on any atom is 0.254 e. The van der Waals surface area contributed by atoms with Crippen LogP contribution in [0.5, 0.6) is 11.5 Å². The Hall–Kier alpha value is -1.17. The number of likely N-dealkylation sites (tertiary alicyclic amines) is 1. The number of nitrogens with one attached hydrogen (secondary N) is 1. The molecular formula is C19H30Cl2N2O3. The molecule has 0 bridgehead atoms. The Morgan fingerprint density at radius 3 is 2.58 bits per heavy atom. The van der Waals surface area contributed by atoms with Crippen LogP contribution in [0.3, 0.4) is 0 Å². The zero-order valence-corrected chi connectivity index (χ0v) is 17.4. The first-order valence-corrected chi connectivity index (χ1v) is 9.48. The second-order valence-corrected chi connectivity index (χ2v) is 6.79. The molecule has 0 spiro atoms. The van der Waals surface area contributed by atoms with E-state index in [-0.39, 0.29) is 18.3 Å². The molecule has 0 saturated carbocycles. The van der Waals surface area contributed by atoms with Gasteiger partial charge in [-0.3, -0.25) is 4.79 Å². The number of piperidine rings is 1. The van der Waals surface area contributed by atoms with Crippen LogP contribution in [-0.4, -0.2) is 50.7 Å². The molecule has 1 amide bonds.